The van der Waals surface area contributed by atoms with Crippen LogP contribution in [0, 0.1) is 0 Å². The normalized spacial score (nSPS) is 11.2. The van der Waals surface area contributed by atoms with Crippen LogP contribution in [0.5, 0.6) is 0 Å². The number of hydrogen-bond acceptors (Lipinski definition) is 3. The fourth-order valence-corrected chi connectivity index (χ4v) is 3.55. The maximum absolute atomic E-state index is 4.98. The van der Waals surface area contributed by atoms with Crippen molar-refractivity contribution in [2.75, 3.05) is 19.0 Å². The second kappa shape index (κ2) is 6.50. The molecule has 2 heterocycles. The summed E-state index contributed by atoms with van der Waals surface area (Å²) in [5.74, 6) is 1.63. The van der Waals surface area contributed by atoms with Crippen LogP contribution in [0.4, 0.5) is 5.69 Å². The van der Waals surface area contributed by atoms with Crippen LogP contribution < -0.4 is 4.90 Å². The van der Waals surface area contributed by atoms with E-state index in [1.54, 1.807) is 0 Å². The summed E-state index contributed by atoms with van der Waals surface area (Å²) in [6, 6.07) is 27.0. The van der Waals surface area contributed by atoms with Crippen molar-refractivity contribution in [1.29, 1.82) is 0 Å². The van der Waals surface area contributed by atoms with Gasteiger partial charge in [-0.2, -0.15) is 0 Å². The molecule has 0 amide bonds. The molecule has 0 aliphatic rings. The molecule has 0 spiro atoms. The number of hydrogen-bond donors (Lipinski definition) is 0. The van der Waals surface area contributed by atoms with Crippen LogP contribution in [0.15, 0.2) is 85.1 Å². The molecular formula is C24H20N4. The van der Waals surface area contributed by atoms with Crippen LogP contribution >= 0.6 is 0 Å². The van der Waals surface area contributed by atoms with E-state index in [9.17, 15) is 0 Å². The molecule has 0 aliphatic carbocycles. The fourth-order valence-electron chi connectivity index (χ4n) is 3.55. The van der Waals surface area contributed by atoms with Crippen LogP contribution in [-0.2, 0) is 0 Å². The first-order valence-electron chi connectivity index (χ1n) is 9.32. The van der Waals surface area contributed by atoms with E-state index in [1.165, 1.54) is 5.39 Å². The van der Waals surface area contributed by atoms with Crippen molar-refractivity contribution in [2.24, 2.45) is 0 Å². The topological polar surface area (TPSA) is 34.0 Å². The van der Waals surface area contributed by atoms with E-state index in [0.717, 1.165) is 39.3 Å². The zero-order chi connectivity index (χ0) is 19.1. The number of nitrogens with zero attached hydrogens (tertiary/aromatic N) is 4. The highest BCUT2D eigenvalue weighted by Gasteiger charge is 2.13. The van der Waals surface area contributed by atoms with Gasteiger partial charge in [-0.05, 0) is 53.9 Å². The third-order valence-corrected chi connectivity index (χ3v) is 5.05. The fraction of sp³-hybridized carbons (Fsp3) is 0.0833. The van der Waals surface area contributed by atoms with E-state index in [4.69, 9.17) is 9.97 Å². The Morgan fingerprint density at radius 1 is 0.750 bits per heavy atom. The van der Waals surface area contributed by atoms with Gasteiger partial charge >= 0.3 is 0 Å². The van der Waals surface area contributed by atoms with Crippen molar-refractivity contribution in [3.05, 3.63) is 85.1 Å². The predicted molar refractivity (Wildman–Crippen MR) is 116 cm³/mol. The molecule has 5 rings (SSSR count). The Kier molecular flexibility index (Phi) is 3.83. The van der Waals surface area contributed by atoms with Crippen molar-refractivity contribution >= 4 is 27.5 Å². The summed E-state index contributed by atoms with van der Waals surface area (Å²) >= 11 is 0. The van der Waals surface area contributed by atoms with E-state index in [2.05, 4.69) is 76.3 Å². The van der Waals surface area contributed by atoms with Crippen molar-refractivity contribution in [2.45, 2.75) is 0 Å². The van der Waals surface area contributed by atoms with E-state index >= 15 is 0 Å². The summed E-state index contributed by atoms with van der Waals surface area (Å²) in [7, 11) is 4.08. The lowest BCUT2D eigenvalue weighted by atomic mass is 10.1. The van der Waals surface area contributed by atoms with Gasteiger partial charge in [0.2, 0.25) is 0 Å². The molecule has 5 aromatic rings. The molecule has 0 radical (unpaired) electrons. The van der Waals surface area contributed by atoms with Crippen LogP contribution in [0.25, 0.3) is 39.0 Å². The Morgan fingerprint density at radius 2 is 1.50 bits per heavy atom. The molecule has 0 N–H and O–H groups in total. The molecule has 0 aliphatic heterocycles. The molecule has 0 fully saturated rings. The standard InChI is InChI=1S/C24H20N4/c1-27(2)19-13-11-18(12-14-19)23-25-21-9-5-4-8-20(21)24(26-23)28-16-15-17-7-3-6-10-22(17)28/h3-16H,1-2H3. The van der Waals surface area contributed by atoms with Gasteiger partial charge in [0.25, 0.3) is 0 Å². The van der Waals surface area contributed by atoms with E-state index in [-0.39, 0.29) is 0 Å². The van der Waals surface area contributed by atoms with Crippen molar-refractivity contribution in [1.82, 2.24) is 14.5 Å². The minimum atomic E-state index is 0.733. The first-order chi connectivity index (χ1) is 13.7. The minimum absolute atomic E-state index is 0.733. The minimum Gasteiger partial charge on any atom is -0.378 e. The summed E-state index contributed by atoms with van der Waals surface area (Å²) in [5.41, 5.74) is 4.24. The third kappa shape index (κ3) is 2.70. The first-order valence-corrected chi connectivity index (χ1v) is 9.32. The van der Waals surface area contributed by atoms with E-state index < -0.39 is 0 Å². The number of para-hydroxylation sites is 2. The number of rotatable bonds is 3. The van der Waals surface area contributed by atoms with E-state index in [0.29, 0.717) is 0 Å². The smallest absolute Gasteiger partial charge is 0.162 e. The second-order valence-corrected chi connectivity index (χ2v) is 7.07. The average Bonchev–Trinajstić information content (AvgIpc) is 3.17. The lowest BCUT2D eigenvalue weighted by molar-refractivity contribution is 1.04. The molecule has 4 nitrogen and oxygen atoms in total. The molecular weight excluding hydrogens is 344 g/mol. The molecule has 28 heavy (non-hydrogen) atoms. The van der Waals surface area contributed by atoms with Crippen LogP contribution in [0.1, 0.15) is 0 Å². The first kappa shape index (κ1) is 16.5. The zero-order valence-corrected chi connectivity index (χ0v) is 15.9. The van der Waals surface area contributed by atoms with Crippen molar-refractivity contribution in [3.63, 3.8) is 0 Å². The lowest BCUT2D eigenvalue weighted by Gasteiger charge is -2.14. The van der Waals surface area contributed by atoms with E-state index in [1.807, 2.05) is 32.3 Å². The summed E-state index contributed by atoms with van der Waals surface area (Å²) in [5, 5.41) is 2.24. The number of anilines is 1. The summed E-state index contributed by atoms with van der Waals surface area (Å²) in [4.78, 5) is 11.9. The highest BCUT2D eigenvalue weighted by Crippen LogP contribution is 2.28. The Hall–Kier alpha value is -3.66. The molecule has 3 aromatic carbocycles. The molecule has 0 saturated heterocycles. The zero-order valence-electron chi connectivity index (χ0n) is 15.9. The Labute approximate surface area is 163 Å². The maximum Gasteiger partial charge on any atom is 0.162 e. The number of aromatic nitrogens is 3. The number of fused-ring (bicyclic) bond motifs is 2. The second-order valence-electron chi connectivity index (χ2n) is 7.07. The van der Waals surface area contributed by atoms with Gasteiger partial charge in [0, 0.05) is 36.9 Å². The number of benzene rings is 3. The van der Waals surface area contributed by atoms with Gasteiger partial charge in [0.05, 0.1) is 11.0 Å². The van der Waals surface area contributed by atoms with Gasteiger partial charge in [0.1, 0.15) is 5.82 Å². The Balaban J connectivity index is 1.75. The largest absolute Gasteiger partial charge is 0.378 e. The highest BCUT2D eigenvalue weighted by molar-refractivity contribution is 5.90. The molecule has 0 bridgehead atoms. The highest BCUT2D eigenvalue weighted by atomic mass is 15.1. The van der Waals surface area contributed by atoms with Crippen molar-refractivity contribution < 1.29 is 0 Å². The van der Waals surface area contributed by atoms with Gasteiger partial charge in [-0.1, -0.05) is 30.3 Å². The molecule has 0 unspecified atom stereocenters. The summed E-state index contributed by atoms with van der Waals surface area (Å²) in [6.07, 6.45) is 2.08. The Bertz CT molecular complexity index is 1280. The maximum atomic E-state index is 4.98. The van der Waals surface area contributed by atoms with Gasteiger partial charge in [-0.25, -0.2) is 9.97 Å². The Morgan fingerprint density at radius 3 is 2.32 bits per heavy atom. The van der Waals surface area contributed by atoms with Crippen LogP contribution in [0.3, 0.4) is 0 Å². The summed E-state index contributed by atoms with van der Waals surface area (Å²) in [6.45, 7) is 0. The van der Waals surface area contributed by atoms with Gasteiger partial charge in [0.15, 0.2) is 5.82 Å². The molecule has 0 atom stereocenters. The van der Waals surface area contributed by atoms with Gasteiger partial charge in [-0.15, -0.1) is 0 Å². The average molecular weight is 364 g/mol. The molecule has 2 aromatic heterocycles. The van der Waals surface area contributed by atoms with Crippen LogP contribution in [0.2, 0.25) is 0 Å². The lowest BCUT2D eigenvalue weighted by Crippen LogP contribution is -2.08. The SMILES string of the molecule is CN(C)c1ccc(-c2nc(-n3ccc4ccccc43)c3ccccc3n2)cc1. The van der Waals surface area contributed by atoms with Gasteiger partial charge in [-0.3, -0.25) is 0 Å². The predicted octanol–water partition coefficient (Wildman–Crippen LogP) is 5.31. The van der Waals surface area contributed by atoms with Crippen LogP contribution in [-0.4, -0.2) is 28.6 Å². The molecule has 4 heteroatoms. The van der Waals surface area contributed by atoms with Gasteiger partial charge < -0.3 is 9.47 Å². The summed E-state index contributed by atoms with van der Waals surface area (Å²) < 4.78 is 2.15. The monoisotopic (exact) mass is 364 g/mol. The quantitative estimate of drug-likeness (QED) is 0.435. The van der Waals surface area contributed by atoms with Crippen molar-refractivity contribution in [3.8, 4) is 17.2 Å². The third-order valence-electron chi connectivity index (χ3n) is 5.05. The molecule has 136 valence electrons. The molecule has 0 saturated carbocycles.